The third-order valence-corrected chi connectivity index (χ3v) is 2.94. The molecule has 1 aliphatic heterocycles. The van der Waals surface area contributed by atoms with Crippen LogP contribution in [0.4, 0.5) is 5.82 Å². The molecule has 0 unspecified atom stereocenters. The molecule has 0 radical (unpaired) electrons. The van der Waals surface area contributed by atoms with E-state index in [-0.39, 0.29) is 0 Å². The van der Waals surface area contributed by atoms with E-state index in [9.17, 15) is 0 Å². The van der Waals surface area contributed by atoms with Crippen LogP contribution < -0.4 is 4.90 Å². The lowest BCUT2D eigenvalue weighted by atomic mass is 10.1. The second-order valence-corrected chi connectivity index (χ2v) is 4.50. The zero-order valence-corrected chi connectivity index (χ0v) is 9.79. The maximum atomic E-state index is 4.38. The van der Waals surface area contributed by atoms with E-state index >= 15 is 0 Å². The minimum Gasteiger partial charge on any atom is -0.353 e. The van der Waals surface area contributed by atoms with Crippen LogP contribution in [0, 0.1) is 0 Å². The van der Waals surface area contributed by atoms with Crippen LogP contribution in [0.3, 0.4) is 0 Å². The molecule has 2 heterocycles. The van der Waals surface area contributed by atoms with Gasteiger partial charge in [-0.25, -0.2) is 4.98 Å². The van der Waals surface area contributed by atoms with Crippen LogP contribution in [0.1, 0.15) is 13.3 Å². The van der Waals surface area contributed by atoms with Gasteiger partial charge in [-0.05, 0) is 41.4 Å². The Morgan fingerprint density at radius 3 is 2.86 bits per heavy atom. The molecule has 0 saturated heterocycles. The van der Waals surface area contributed by atoms with Gasteiger partial charge in [0, 0.05) is 23.8 Å². The Bertz CT molecular complexity index is 343. The summed E-state index contributed by atoms with van der Waals surface area (Å²) in [5, 5.41) is 0. The van der Waals surface area contributed by atoms with Gasteiger partial charge in [0.2, 0.25) is 0 Å². The first-order valence-corrected chi connectivity index (χ1v) is 5.57. The summed E-state index contributed by atoms with van der Waals surface area (Å²) in [6.07, 6.45) is 5.27. The van der Waals surface area contributed by atoms with Crippen LogP contribution in [0.5, 0.6) is 0 Å². The van der Waals surface area contributed by atoms with E-state index in [1.807, 2.05) is 12.3 Å². The van der Waals surface area contributed by atoms with Crippen molar-refractivity contribution in [1.29, 1.82) is 0 Å². The van der Waals surface area contributed by atoms with E-state index in [1.54, 1.807) is 0 Å². The summed E-state index contributed by atoms with van der Waals surface area (Å²) in [6, 6.07) is 4.09. The molecule has 74 valence electrons. The first-order valence-electron chi connectivity index (χ1n) is 4.78. The lowest BCUT2D eigenvalue weighted by Gasteiger charge is -2.26. The topological polar surface area (TPSA) is 16.1 Å². The number of rotatable bonds is 1. The number of pyridine rings is 1. The summed E-state index contributed by atoms with van der Waals surface area (Å²) in [5.41, 5.74) is 1.48. The van der Waals surface area contributed by atoms with E-state index in [4.69, 9.17) is 0 Å². The predicted octanol–water partition coefficient (Wildman–Crippen LogP) is 3.00. The Balaban J connectivity index is 2.13. The van der Waals surface area contributed by atoms with Crippen LogP contribution in [-0.2, 0) is 0 Å². The average Bonchev–Trinajstić information content (AvgIpc) is 2.21. The van der Waals surface area contributed by atoms with Gasteiger partial charge in [0.05, 0.1) is 0 Å². The third kappa shape index (κ3) is 2.15. The van der Waals surface area contributed by atoms with Crippen molar-refractivity contribution in [3.63, 3.8) is 0 Å². The zero-order valence-electron chi connectivity index (χ0n) is 8.20. The van der Waals surface area contributed by atoms with Gasteiger partial charge in [-0.3, -0.25) is 0 Å². The highest BCUT2D eigenvalue weighted by molar-refractivity contribution is 9.10. The lowest BCUT2D eigenvalue weighted by Crippen LogP contribution is -2.28. The average molecular weight is 253 g/mol. The molecule has 0 saturated carbocycles. The monoisotopic (exact) mass is 252 g/mol. The number of hydrogen-bond donors (Lipinski definition) is 0. The van der Waals surface area contributed by atoms with Gasteiger partial charge in [-0.2, -0.15) is 0 Å². The van der Waals surface area contributed by atoms with Crippen LogP contribution in [-0.4, -0.2) is 18.1 Å². The normalized spacial score (nSPS) is 16.7. The van der Waals surface area contributed by atoms with Crippen molar-refractivity contribution in [3.8, 4) is 0 Å². The Morgan fingerprint density at radius 2 is 2.29 bits per heavy atom. The van der Waals surface area contributed by atoms with Crippen molar-refractivity contribution in [2.24, 2.45) is 0 Å². The fraction of sp³-hybridized carbons (Fsp3) is 0.364. The second kappa shape index (κ2) is 4.13. The summed E-state index contributed by atoms with van der Waals surface area (Å²) in [6.45, 7) is 4.25. The molecule has 0 aromatic carbocycles. The summed E-state index contributed by atoms with van der Waals surface area (Å²) >= 11 is 3.39. The predicted molar refractivity (Wildman–Crippen MR) is 62.5 cm³/mol. The molecule has 1 aromatic heterocycles. The highest BCUT2D eigenvalue weighted by atomic mass is 79.9. The van der Waals surface area contributed by atoms with Crippen molar-refractivity contribution in [1.82, 2.24) is 4.98 Å². The molecule has 0 fully saturated rings. The second-order valence-electron chi connectivity index (χ2n) is 3.58. The number of aromatic nitrogens is 1. The fourth-order valence-electron chi connectivity index (χ4n) is 1.53. The Labute approximate surface area is 92.8 Å². The van der Waals surface area contributed by atoms with Gasteiger partial charge in [-0.15, -0.1) is 0 Å². The Morgan fingerprint density at radius 1 is 1.43 bits per heavy atom. The van der Waals surface area contributed by atoms with Crippen molar-refractivity contribution in [2.75, 3.05) is 18.0 Å². The Kier molecular flexibility index (Phi) is 2.87. The quantitative estimate of drug-likeness (QED) is 0.715. The summed E-state index contributed by atoms with van der Waals surface area (Å²) < 4.78 is 1.03. The van der Waals surface area contributed by atoms with Crippen LogP contribution in [0.15, 0.2) is 34.5 Å². The first-order chi connectivity index (χ1) is 6.75. The van der Waals surface area contributed by atoms with E-state index in [2.05, 4.69) is 44.9 Å². The highest BCUT2D eigenvalue weighted by Crippen LogP contribution is 2.18. The molecule has 1 aliphatic rings. The van der Waals surface area contributed by atoms with E-state index in [0.717, 1.165) is 29.8 Å². The molecule has 0 spiro atoms. The van der Waals surface area contributed by atoms with Gasteiger partial charge in [-0.1, -0.05) is 11.6 Å². The molecule has 2 rings (SSSR count). The summed E-state index contributed by atoms with van der Waals surface area (Å²) in [5.74, 6) is 1.07. The van der Waals surface area contributed by atoms with Crippen molar-refractivity contribution < 1.29 is 0 Å². The van der Waals surface area contributed by atoms with Crippen molar-refractivity contribution >= 4 is 21.7 Å². The highest BCUT2D eigenvalue weighted by Gasteiger charge is 2.10. The van der Waals surface area contributed by atoms with Crippen LogP contribution in [0.2, 0.25) is 0 Å². The molecular formula is C11H13BrN2. The summed E-state index contributed by atoms with van der Waals surface area (Å²) in [4.78, 5) is 6.67. The maximum absolute atomic E-state index is 4.38. The first kappa shape index (κ1) is 9.71. The van der Waals surface area contributed by atoms with Gasteiger partial charge in [0.15, 0.2) is 0 Å². The molecule has 0 bridgehead atoms. The molecule has 3 heteroatoms. The molecule has 2 nitrogen and oxygen atoms in total. The SMILES string of the molecule is CC1=CCN(c2ccc(Br)cn2)CC1. The smallest absolute Gasteiger partial charge is 0.128 e. The van der Waals surface area contributed by atoms with E-state index < -0.39 is 0 Å². The molecular weight excluding hydrogens is 240 g/mol. The number of nitrogens with zero attached hydrogens (tertiary/aromatic N) is 2. The standard InChI is InChI=1S/C11H13BrN2/c1-9-4-6-14(7-5-9)11-3-2-10(12)8-13-11/h2-4,8H,5-7H2,1H3. The van der Waals surface area contributed by atoms with Crippen molar-refractivity contribution in [2.45, 2.75) is 13.3 Å². The fourth-order valence-corrected chi connectivity index (χ4v) is 1.77. The molecule has 1 aromatic rings. The van der Waals surface area contributed by atoms with E-state index in [0.29, 0.717) is 0 Å². The third-order valence-electron chi connectivity index (χ3n) is 2.47. The molecule has 0 atom stereocenters. The van der Waals surface area contributed by atoms with Crippen LogP contribution in [0.25, 0.3) is 0 Å². The minimum absolute atomic E-state index is 0.987. The summed E-state index contributed by atoms with van der Waals surface area (Å²) in [7, 11) is 0. The molecule has 0 N–H and O–H groups in total. The van der Waals surface area contributed by atoms with Crippen molar-refractivity contribution in [3.05, 3.63) is 34.5 Å². The number of halogens is 1. The molecule has 0 aliphatic carbocycles. The number of hydrogen-bond acceptors (Lipinski definition) is 2. The van der Waals surface area contributed by atoms with Gasteiger partial charge < -0.3 is 4.90 Å². The van der Waals surface area contributed by atoms with Gasteiger partial charge >= 0.3 is 0 Å². The van der Waals surface area contributed by atoms with Crippen LogP contribution >= 0.6 is 15.9 Å². The maximum Gasteiger partial charge on any atom is 0.128 e. The Hall–Kier alpha value is -0.830. The van der Waals surface area contributed by atoms with E-state index in [1.165, 1.54) is 5.57 Å². The zero-order chi connectivity index (χ0) is 9.97. The largest absolute Gasteiger partial charge is 0.353 e. The van der Waals surface area contributed by atoms with Gasteiger partial charge in [0.25, 0.3) is 0 Å². The minimum atomic E-state index is 0.987. The number of anilines is 1. The molecule has 14 heavy (non-hydrogen) atoms. The lowest BCUT2D eigenvalue weighted by molar-refractivity contribution is 0.775. The molecule has 0 amide bonds. The van der Waals surface area contributed by atoms with Gasteiger partial charge in [0.1, 0.15) is 5.82 Å².